The predicted molar refractivity (Wildman–Crippen MR) is 116 cm³/mol. The van der Waals surface area contributed by atoms with Crippen LogP contribution in [0.1, 0.15) is 21.7 Å². The first-order chi connectivity index (χ1) is 14.5. The van der Waals surface area contributed by atoms with E-state index in [0.29, 0.717) is 29.4 Å². The highest BCUT2D eigenvalue weighted by molar-refractivity contribution is 6.08. The Morgan fingerprint density at radius 2 is 1.70 bits per heavy atom. The number of aromatic nitrogens is 2. The van der Waals surface area contributed by atoms with E-state index in [9.17, 15) is 4.79 Å². The summed E-state index contributed by atoms with van der Waals surface area (Å²) in [5.74, 6) is 1.04. The molecule has 2 N–H and O–H groups in total. The zero-order chi connectivity index (χ0) is 21.3. The second-order valence-electron chi connectivity index (χ2n) is 6.89. The number of hydrogen-bond donors (Lipinski definition) is 2. The van der Waals surface area contributed by atoms with Gasteiger partial charge in [0.05, 0.1) is 44.8 Å². The molecule has 2 aromatic heterocycles. The predicted octanol–water partition coefficient (Wildman–Crippen LogP) is 3.98. The average Bonchev–Trinajstić information content (AvgIpc) is 3.15. The smallest absolute Gasteiger partial charge is 0.251 e. The van der Waals surface area contributed by atoms with Crippen molar-refractivity contribution in [2.75, 3.05) is 21.3 Å². The molecule has 4 rings (SSSR count). The number of carbonyl (C=O) groups is 1. The zero-order valence-electron chi connectivity index (χ0n) is 17.3. The van der Waals surface area contributed by atoms with Gasteiger partial charge in [0, 0.05) is 21.9 Å². The van der Waals surface area contributed by atoms with Crippen molar-refractivity contribution in [1.29, 1.82) is 0 Å². The fraction of sp³-hybridized carbons (Fsp3) is 0.217. The van der Waals surface area contributed by atoms with Crippen LogP contribution < -0.4 is 19.5 Å². The Morgan fingerprint density at radius 3 is 2.37 bits per heavy atom. The minimum atomic E-state index is -0.257. The van der Waals surface area contributed by atoms with Gasteiger partial charge in [-0.15, -0.1) is 0 Å². The summed E-state index contributed by atoms with van der Waals surface area (Å²) in [7, 11) is 4.55. The SMILES string of the molecule is COc1cc(C(=O)NCc2cc3c([nH]c4ccccc43)c(C)n2)cc(OC)c1OC. The molecule has 0 saturated heterocycles. The first kappa shape index (κ1) is 19.6. The van der Waals surface area contributed by atoms with Gasteiger partial charge in [0.25, 0.3) is 5.91 Å². The molecule has 2 heterocycles. The summed E-state index contributed by atoms with van der Waals surface area (Å²) in [5.41, 5.74) is 4.16. The van der Waals surface area contributed by atoms with E-state index in [1.165, 1.54) is 21.3 Å². The molecule has 0 fully saturated rings. The van der Waals surface area contributed by atoms with E-state index in [2.05, 4.69) is 21.4 Å². The number of para-hydroxylation sites is 1. The minimum Gasteiger partial charge on any atom is -0.493 e. The van der Waals surface area contributed by atoms with E-state index in [1.807, 2.05) is 31.2 Å². The number of pyridine rings is 1. The molecule has 0 aliphatic rings. The number of hydrogen-bond acceptors (Lipinski definition) is 5. The van der Waals surface area contributed by atoms with Gasteiger partial charge in [-0.3, -0.25) is 9.78 Å². The molecule has 0 atom stereocenters. The Hall–Kier alpha value is -3.74. The lowest BCUT2D eigenvalue weighted by molar-refractivity contribution is 0.0949. The van der Waals surface area contributed by atoms with Crippen LogP contribution in [0.2, 0.25) is 0 Å². The molecule has 0 unspecified atom stereocenters. The van der Waals surface area contributed by atoms with Crippen LogP contribution in [0.5, 0.6) is 17.2 Å². The van der Waals surface area contributed by atoms with Gasteiger partial charge in [0.1, 0.15) is 0 Å². The first-order valence-electron chi connectivity index (χ1n) is 9.50. The number of aryl methyl sites for hydroxylation is 1. The lowest BCUT2D eigenvalue weighted by atomic mass is 10.1. The van der Waals surface area contributed by atoms with Crippen molar-refractivity contribution in [3.8, 4) is 17.2 Å². The number of aromatic amines is 1. The summed E-state index contributed by atoms with van der Waals surface area (Å²) in [4.78, 5) is 20.8. The third kappa shape index (κ3) is 3.39. The first-order valence-corrected chi connectivity index (χ1v) is 9.50. The van der Waals surface area contributed by atoms with E-state index >= 15 is 0 Å². The molecule has 0 spiro atoms. The van der Waals surface area contributed by atoms with Crippen molar-refractivity contribution >= 4 is 27.7 Å². The molecule has 7 nitrogen and oxygen atoms in total. The number of nitrogens with zero attached hydrogens (tertiary/aromatic N) is 1. The Kier molecular flexibility index (Phi) is 5.18. The van der Waals surface area contributed by atoms with E-state index in [-0.39, 0.29) is 5.91 Å². The van der Waals surface area contributed by atoms with Crippen molar-refractivity contribution in [3.63, 3.8) is 0 Å². The molecule has 7 heteroatoms. The third-order valence-electron chi connectivity index (χ3n) is 5.09. The Morgan fingerprint density at radius 1 is 1.00 bits per heavy atom. The van der Waals surface area contributed by atoms with Crippen molar-refractivity contribution in [3.05, 3.63) is 59.4 Å². The van der Waals surface area contributed by atoms with E-state index in [1.54, 1.807) is 12.1 Å². The Balaban J connectivity index is 1.61. The number of ether oxygens (including phenoxy) is 3. The molecule has 0 aliphatic heterocycles. The quantitative estimate of drug-likeness (QED) is 0.507. The monoisotopic (exact) mass is 405 g/mol. The van der Waals surface area contributed by atoms with E-state index in [0.717, 1.165) is 33.2 Å². The normalized spacial score (nSPS) is 10.9. The van der Waals surface area contributed by atoms with Crippen LogP contribution in [0.25, 0.3) is 21.8 Å². The molecule has 0 aliphatic carbocycles. The van der Waals surface area contributed by atoms with Gasteiger partial charge in [0.15, 0.2) is 11.5 Å². The van der Waals surface area contributed by atoms with Crippen LogP contribution in [0.15, 0.2) is 42.5 Å². The number of benzene rings is 2. The van der Waals surface area contributed by atoms with Crippen molar-refractivity contribution in [1.82, 2.24) is 15.3 Å². The summed E-state index contributed by atoms with van der Waals surface area (Å²) >= 11 is 0. The Labute approximate surface area is 174 Å². The number of fused-ring (bicyclic) bond motifs is 3. The van der Waals surface area contributed by atoms with E-state index < -0.39 is 0 Å². The van der Waals surface area contributed by atoms with Crippen LogP contribution in [0.3, 0.4) is 0 Å². The number of rotatable bonds is 6. The molecule has 2 aromatic carbocycles. The van der Waals surface area contributed by atoms with Gasteiger partial charge in [-0.1, -0.05) is 18.2 Å². The number of carbonyl (C=O) groups excluding carboxylic acids is 1. The lowest BCUT2D eigenvalue weighted by Gasteiger charge is -2.14. The molecular weight excluding hydrogens is 382 g/mol. The third-order valence-corrected chi connectivity index (χ3v) is 5.09. The van der Waals surface area contributed by atoms with Gasteiger partial charge < -0.3 is 24.5 Å². The lowest BCUT2D eigenvalue weighted by Crippen LogP contribution is -2.23. The van der Waals surface area contributed by atoms with Gasteiger partial charge in [-0.2, -0.15) is 0 Å². The van der Waals surface area contributed by atoms with Crippen molar-refractivity contribution in [2.24, 2.45) is 0 Å². The maximum Gasteiger partial charge on any atom is 0.251 e. The largest absolute Gasteiger partial charge is 0.493 e. The molecular formula is C23H23N3O4. The number of nitrogens with one attached hydrogen (secondary N) is 2. The average molecular weight is 405 g/mol. The fourth-order valence-electron chi connectivity index (χ4n) is 3.64. The number of amides is 1. The van der Waals surface area contributed by atoms with E-state index in [4.69, 9.17) is 14.2 Å². The van der Waals surface area contributed by atoms with Crippen LogP contribution >= 0.6 is 0 Å². The summed E-state index contributed by atoms with van der Waals surface area (Å²) in [6, 6.07) is 13.4. The van der Waals surface area contributed by atoms with Gasteiger partial charge in [0.2, 0.25) is 5.75 Å². The van der Waals surface area contributed by atoms with Gasteiger partial charge in [-0.25, -0.2) is 0 Å². The summed E-state index contributed by atoms with van der Waals surface area (Å²) in [5, 5.41) is 5.15. The second kappa shape index (κ2) is 7.94. The highest BCUT2D eigenvalue weighted by Gasteiger charge is 2.17. The maximum atomic E-state index is 12.8. The topological polar surface area (TPSA) is 85.5 Å². The van der Waals surface area contributed by atoms with Crippen LogP contribution in [-0.2, 0) is 6.54 Å². The molecule has 30 heavy (non-hydrogen) atoms. The van der Waals surface area contributed by atoms with Crippen LogP contribution in [-0.4, -0.2) is 37.2 Å². The molecule has 0 radical (unpaired) electrons. The minimum absolute atomic E-state index is 0.257. The van der Waals surface area contributed by atoms with Crippen molar-refractivity contribution in [2.45, 2.75) is 13.5 Å². The van der Waals surface area contributed by atoms with Gasteiger partial charge >= 0.3 is 0 Å². The van der Waals surface area contributed by atoms with Crippen LogP contribution in [0.4, 0.5) is 0 Å². The molecule has 4 aromatic rings. The zero-order valence-corrected chi connectivity index (χ0v) is 17.3. The fourth-order valence-corrected chi connectivity index (χ4v) is 3.64. The summed E-state index contributed by atoms with van der Waals surface area (Å²) < 4.78 is 16.0. The Bertz CT molecular complexity index is 1220. The summed E-state index contributed by atoms with van der Waals surface area (Å²) in [6.07, 6.45) is 0. The number of methoxy groups -OCH3 is 3. The molecule has 1 amide bonds. The highest BCUT2D eigenvalue weighted by Crippen LogP contribution is 2.38. The molecule has 0 saturated carbocycles. The summed E-state index contributed by atoms with van der Waals surface area (Å²) in [6.45, 7) is 2.26. The highest BCUT2D eigenvalue weighted by atomic mass is 16.5. The second-order valence-corrected chi connectivity index (χ2v) is 6.89. The standard InChI is InChI=1S/C23H23N3O4/c1-13-21-17(16-7-5-6-8-18(16)26-21)11-15(25-13)12-24-23(27)14-9-19(28-2)22(30-4)20(10-14)29-3/h5-11,26H,12H2,1-4H3,(H,24,27). The van der Waals surface area contributed by atoms with Gasteiger partial charge in [-0.05, 0) is 31.2 Å². The van der Waals surface area contributed by atoms with Crippen molar-refractivity contribution < 1.29 is 19.0 Å². The number of H-pyrrole nitrogens is 1. The van der Waals surface area contributed by atoms with Crippen LogP contribution in [0, 0.1) is 6.92 Å². The molecule has 0 bridgehead atoms. The molecule has 154 valence electrons. The maximum absolute atomic E-state index is 12.8.